The smallest absolute Gasteiger partial charge is 0.231 e. The summed E-state index contributed by atoms with van der Waals surface area (Å²) in [7, 11) is 0. The fourth-order valence-corrected chi connectivity index (χ4v) is 4.85. The minimum atomic E-state index is 0.291. The molecule has 0 unspecified atom stereocenters. The summed E-state index contributed by atoms with van der Waals surface area (Å²) in [6, 6.07) is 6.05. The Kier molecular flexibility index (Phi) is 4.99. The van der Waals surface area contributed by atoms with Crippen LogP contribution in [0.1, 0.15) is 21.8 Å². The molecule has 5 rings (SSSR count). The Hall–Kier alpha value is -2.42. The first-order valence-electron chi connectivity index (χ1n) is 9.97. The standard InChI is InChI=1S/C21H24N4O3S/c1-13-14(2)29-21-19(13)20(23-18(24-21)11-25-5-7-26-8-6-25)22-10-15-3-4-16-17(9-15)28-12-27-16/h3-4,9H,5-8,10-12H2,1-2H3,(H,22,23,24)/p+1. The molecule has 2 aliphatic heterocycles. The summed E-state index contributed by atoms with van der Waals surface area (Å²) in [5.74, 6) is 3.41. The van der Waals surface area contributed by atoms with Gasteiger partial charge in [-0.05, 0) is 37.1 Å². The topological polar surface area (TPSA) is 69.9 Å². The van der Waals surface area contributed by atoms with E-state index in [-0.39, 0.29) is 0 Å². The molecule has 3 aromatic rings. The van der Waals surface area contributed by atoms with Crippen LogP contribution < -0.4 is 19.7 Å². The zero-order valence-electron chi connectivity index (χ0n) is 16.7. The largest absolute Gasteiger partial charge is 0.454 e. The van der Waals surface area contributed by atoms with Gasteiger partial charge in [0.05, 0.1) is 18.6 Å². The van der Waals surface area contributed by atoms with Gasteiger partial charge in [-0.1, -0.05) is 6.07 Å². The van der Waals surface area contributed by atoms with Crippen LogP contribution in [-0.2, 0) is 17.8 Å². The van der Waals surface area contributed by atoms with Crippen LogP contribution in [0, 0.1) is 13.8 Å². The number of rotatable bonds is 5. The molecular formula is C21H25N4O3S+. The number of benzene rings is 1. The molecule has 2 N–H and O–H groups in total. The maximum atomic E-state index is 5.50. The van der Waals surface area contributed by atoms with Crippen molar-refractivity contribution in [3.63, 3.8) is 0 Å². The highest BCUT2D eigenvalue weighted by atomic mass is 32.1. The number of morpholine rings is 1. The lowest BCUT2D eigenvalue weighted by molar-refractivity contribution is -0.922. The van der Waals surface area contributed by atoms with Crippen molar-refractivity contribution in [3.8, 4) is 11.5 Å². The summed E-state index contributed by atoms with van der Waals surface area (Å²) >= 11 is 1.75. The van der Waals surface area contributed by atoms with Crippen molar-refractivity contribution in [3.05, 3.63) is 40.0 Å². The second-order valence-electron chi connectivity index (χ2n) is 7.53. The molecule has 2 aliphatic rings. The van der Waals surface area contributed by atoms with Crippen molar-refractivity contribution in [1.82, 2.24) is 9.97 Å². The number of nitrogens with zero attached hydrogens (tertiary/aromatic N) is 2. The van der Waals surface area contributed by atoms with Crippen molar-refractivity contribution < 1.29 is 19.1 Å². The van der Waals surface area contributed by atoms with Crippen LogP contribution in [0.2, 0.25) is 0 Å². The van der Waals surface area contributed by atoms with Crippen molar-refractivity contribution in [2.75, 3.05) is 38.4 Å². The van der Waals surface area contributed by atoms with Gasteiger partial charge in [-0.3, -0.25) is 0 Å². The predicted molar refractivity (Wildman–Crippen MR) is 112 cm³/mol. The Bertz CT molecular complexity index is 1050. The van der Waals surface area contributed by atoms with E-state index in [0.717, 1.165) is 71.8 Å². The Morgan fingerprint density at radius 2 is 1.93 bits per heavy atom. The lowest BCUT2D eigenvalue weighted by Crippen LogP contribution is -3.12. The van der Waals surface area contributed by atoms with Crippen LogP contribution in [-0.4, -0.2) is 43.1 Å². The molecule has 152 valence electrons. The van der Waals surface area contributed by atoms with E-state index in [1.54, 1.807) is 11.3 Å². The summed E-state index contributed by atoms with van der Waals surface area (Å²) < 4.78 is 16.4. The third kappa shape index (κ3) is 3.75. The van der Waals surface area contributed by atoms with Gasteiger partial charge >= 0.3 is 0 Å². The molecule has 0 radical (unpaired) electrons. The summed E-state index contributed by atoms with van der Waals surface area (Å²) in [6.45, 7) is 9.71. The Morgan fingerprint density at radius 3 is 2.79 bits per heavy atom. The molecule has 4 heterocycles. The number of quaternary nitrogens is 1. The van der Waals surface area contributed by atoms with E-state index in [9.17, 15) is 0 Å². The molecule has 7 nitrogen and oxygen atoms in total. The molecule has 0 spiro atoms. The molecule has 29 heavy (non-hydrogen) atoms. The van der Waals surface area contributed by atoms with Crippen LogP contribution in [0.15, 0.2) is 18.2 Å². The lowest BCUT2D eigenvalue weighted by atomic mass is 10.2. The second-order valence-corrected chi connectivity index (χ2v) is 8.74. The average molecular weight is 414 g/mol. The second kappa shape index (κ2) is 7.78. The number of aryl methyl sites for hydroxylation is 2. The number of anilines is 1. The Morgan fingerprint density at radius 1 is 1.10 bits per heavy atom. The number of thiophene rings is 1. The molecule has 1 aromatic carbocycles. The van der Waals surface area contributed by atoms with E-state index in [0.29, 0.717) is 13.3 Å². The molecule has 0 bridgehead atoms. The van der Waals surface area contributed by atoms with E-state index in [1.807, 2.05) is 12.1 Å². The number of fused-ring (bicyclic) bond motifs is 2. The van der Waals surface area contributed by atoms with E-state index < -0.39 is 0 Å². The van der Waals surface area contributed by atoms with Crippen molar-refractivity contribution in [2.45, 2.75) is 26.9 Å². The van der Waals surface area contributed by atoms with Gasteiger partial charge < -0.3 is 24.4 Å². The van der Waals surface area contributed by atoms with Crippen LogP contribution in [0.5, 0.6) is 11.5 Å². The first-order valence-corrected chi connectivity index (χ1v) is 10.8. The minimum absolute atomic E-state index is 0.291. The fourth-order valence-electron chi connectivity index (χ4n) is 3.80. The predicted octanol–water partition coefficient (Wildman–Crippen LogP) is 2.06. The average Bonchev–Trinajstić information content (AvgIpc) is 3.31. The molecule has 0 saturated carbocycles. The maximum absolute atomic E-state index is 5.50. The summed E-state index contributed by atoms with van der Waals surface area (Å²) in [6.07, 6.45) is 0. The third-order valence-electron chi connectivity index (χ3n) is 5.58. The van der Waals surface area contributed by atoms with Crippen LogP contribution in [0.25, 0.3) is 10.2 Å². The molecule has 1 fully saturated rings. The highest BCUT2D eigenvalue weighted by Crippen LogP contribution is 2.35. The monoisotopic (exact) mass is 413 g/mol. The number of ether oxygens (including phenoxy) is 3. The summed E-state index contributed by atoms with van der Waals surface area (Å²) in [5.41, 5.74) is 2.38. The van der Waals surface area contributed by atoms with Gasteiger partial charge in [0.25, 0.3) is 0 Å². The van der Waals surface area contributed by atoms with E-state index in [4.69, 9.17) is 24.2 Å². The minimum Gasteiger partial charge on any atom is -0.454 e. The molecule has 0 amide bonds. The number of hydrogen-bond acceptors (Lipinski definition) is 7. The number of hydrogen-bond donors (Lipinski definition) is 2. The molecule has 0 aliphatic carbocycles. The van der Waals surface area contributed by atoms with Crippen molar-refractivity contribution in [2.24, 2.45) is 0 Å². The Labute approximate surface area is 173 Å². The molecule has 1 saturated heterocycles. The molecular weight excluding hydrogens is 388 g/mol. The quantitative estimate of drug-likeness (QED) is 0.667. The molecule has 2 aromatic heterocycles. The van der Waals surface area contributed by atoms with Gasteiger partial charge in [-0.25, -0.2) is 9.97 Å². The van der Waals surface area contributed by atoms with Gasteiger partial charge in [0.15, 0.2) is 17.3 Å². The van der Waals surface area contributed by atoms with E-state index in [2.05, 4.69) is 25.2 Å². The normalized spacial score (nSPS) is 16.5. The van der Waals surface area contributed by atoms with Crippen LogP contribution in [0.4, 0.5) is 5.82 Å². The van der Waals surface area contributed by atoms with E-state index >= 15 is 0 Å². The highest BCUT2D eigenvalue weighted by molar-refractivity contribution is 7.18. The van der Waals surface area contributed by atoms with Crippen molar-refractivity contribution in [1.29, 1.82) is 0 Å². The van der Waals surface area contributed by atoms with Gasteiger partial charge in [-0.15, -0.1) is 11.3 Å². The first-order chi connectivity index (χ1) is 14.2. The number of aromatic nitrogens is 2. The van der Waals surface area contributed by atoms with Crippen molar-refractivity contribution >= 4 is 27.4 Å². The van der Waals surface area contributed by atoms with Gasteiger partial charge in [0.1, 0.15) is 30.3 Å². The van der Waals surface area contributed by atoms with Gasteiger partial charge in [0.2, 0.25) is 6.79 Å². The zero-order chi connectivity index (χ0) is 19.8. The third-order valence-corrected chi connectivity index (χ3v) is 6.68. The summed E-state index contributed by atoms with van der Waals surface area (Å²) in [5, 5.41) is 4.69. The maximum Gasteiger partial charge on any atom is 0.231 e. The van der Waals surface area contributed by atoms with Gasteiger partial charge in [-0.2, -0.15) is 0 Å². The SMILES string of the molecule is Cc1sc2nc(C[NH+]3CCOCC3)nc(NCc3ccc4c(c3)OCO4)c2c1C. The highest BCUT2D eigenvalue weighted by Gasteiger charge is 2.20. The summed E-state index contributed by atoms with van der Waals surface area (Å²) in [4.78, 5) is 13.6. The van der Waals surface area contributed by atoms with Crippen LogP contribution >= 0.6 is 11.3 Å². The first kappa shape index (κ1) is 18.6. The fraction of sp³-hybridized carbons (Fsp3) is 0.429. The number of nitrogens with one attached hydrogen (secondary N) is 2. The Balaban J connectivity index is 1.42. The van der Waals surface area contributed by atoms with E-state index in [1.165, 1.54) is 15.3 Å². The molecule has 8 heteroatoms. The van der Waals surface area contributed by atoms with Crippen LogP contribution in [0.3, 0.4) is 0 Å². The van der Waals surface area contributed by atoms with Gasteiger partial charge in [0, 0.05) is 11.4 Å². The molecule has 0 atom stereocenters. The zero-order valence-corrected chi connectivity index (χ0v) is 17.5. The lowest BCUT2D eigenvalue weighted by Gasteiger charge is -2.23.